The number of anilines is 1. The van der Waals surface area contributed by atoms with Gasteiger partial charge in [-0.1, -0.05) is 18.2 Å². The van der Waals surface area contributed by atoms with E-state index in [9.17, 15) is 13.2 Å². The molecule has 2 aromatic rings. The van der Waals surface area contributed by atoms with Gasteiger partial charge in [0.15, 0.2) is 5.78 Å². The monoisotopic (exact) mass is 369 g/mol. The lowest BCUT2D eigenvalue weighted by molar-refractivity contribution is -0.111. The molecule has 0 aliphatic carbocycles. The van der Waals surface area contributed by atoms with Crippen molar-refractivity contribution in [2.45, 2.75) is 11.8 Å². The third kappa shape index (κ3) is 4.71. The van der Waals surface area contributed by atoms with Crippen LogP contribution in [0.2, 0.25) is 0 Å². The maximum absolute atomic E-state index is 12.7. The van der Waals surface area contributed by atoms with Crippen molar-refractivity contribution in [3.8, 4) is 6.07 Å². The summed E-state index contributed by atoms with van der Waals surface area (Å²) < 4.78 is 27.8. The van der Waals surface area contributed by atoms with Crippen molar-refractivity contribution >= 4 is 27.1 Å². The number of sulfonamides is 1. The van der Waals surface area contributed by atoms with Gasteiger partial charge in [0.2, 0.25) is 0 Å². The van der Waals surface area contributed by atoms with Crippen molar-refractivity contribution in [3.63, 3.8) is 0 Å². The fraction of sp³-hybridized carbons (Fsp3) is 0.158. The third-order valence-corrected chi connectivity index (χ3v) is 4.84. The predicted octanol–water partition coefficient (Wildman–Crippen LogP) is 2.85. The van der Waals surface area contributed by atoms with Crippen molar-refractivity contribution in [1.82, 2.24) is 4.90 Å². The molecule has 134 valence electrons. The lowest BCUT2D eigenvalue weighted by atomic mass is 10.0. The molecule has 0 fully saturated rings. The Morgan fingerprint density at radius 3 is 2.46 bits per heavy atom. The van der Waals surface area contributed by atoms with Gasteiger partial charge in [0.1, 0.15) is 0 Å². The highest BCUT2D eigenvalue weighted by Crippen LogP contribution is 2.22. The summed E-state index contributed by atoms with van der Waals surface area (Å²) >= 11 is 0. The minimum atomic E-state index is -3.86. The molecule has 0 saturated carbocycles. The number of nitriles is 1. The summed E-state index contributed by atoms with van der Waals surface area (Å²) in [4.78, 5) is 13.7. The highest BCUT2D eigenvalue weighted by Gasteiger charge is 2.17. The number of rotatable bonds is 6. The van der Waals surface area contributed by atoms with Gasteiger partial charge in [-0.25, -0.2) is 8.42 Å². The Morgan fingerprint density at radius 1 is 1.15 bits per heavy atom. The number of hydrogen-bond donors (Lipinski definition) is 1. The van der Waals surface area contributed by atoms with Crippen LogP contribution in [0.1, 0.15) is 18.1 Å². The largest absolute Gasteiger partial charge is 0.383 e. The molecule has 2 aromatic carbocycles. The standard InChI is InChI=1S/C19H19N3O3S/c1-14(23)19(13-22(2)3)16-7-5-9-18(11-16)26(24,25)21-17-8-4-6-15(10-17)12-20/h4-11,13,21H,1-3H3/b19-13-. The van der Waals surface area contributed by atoms with Crippen LogP contribution < -0.4 is 4.72 Å². The summed E-state index contributed by atoms with van der Waals surface area (Å²) in [7, 11) is -0.290. The molecule has 0 bridgehead atoms. The highest BCUT2D eigenvalue weighted by molar-refractivity contribution is 7.92. The van der Waals surface area contributed by atoms with E-state index in [-0.39, 0.29) is 10.7 Å². The molecule has 0 aliphatic heterocycles. The molecule has 0 heterocycles. The second-order valence-corrected chi connectivity index (χ2v) is 7.57. The number of carbonyl (C=O) groups excluding carboxylic acids is 1. The molecule has 0 atom stereocenters. The van der Waals surface area contributed by atoms with Crippen LogP contribution in [0.25, 0.3) is 5.57 Å². The van der Waals surface area contributed by atoms with Gasteiger partial charge in [-0.05, 0) is 42.8 Å². The predicted molar refractivity (Wildman–Crippen MR) is 101 cm³/mol. The van der Waals surface area contributed by atoms with E-state index in [1.165, 1.54) is 25.1 Å². The number of nitrogens with zero attached hydrogens (tertiary/aromatic N) is 2. The van der Waals surface area contributed by atoms with Crippen molar-refractivity contribution < 1.29 is 13.2 Å². The lowest BCUT2D eigenvalue weighted by Gasteiger charge is -2.12. The Hall–Kier alpha value is -3.11. The van der Waals surface area contributed by atoms with E-state index < -0.39 is 10.0 Å². The fourth-order valence-corrected chi connectivity index (χ4v) is 3.42. The quantitative estimate of drug-likeness (QED) is 0.791. The maximum atomic E-state index is 12.7. The van der Waals surface area contributed by atoms with E-state index in [4.69, 9.17) is 5.26 Å². The first kappa shape index (κ1) is 19.2. The smallest absolute Gasteiger partial charge is 0.261 e. The molecule has 0 saturated heterocycles. The second-order valence-electron chi connectivity index (χ2n) is 5.89. The lowest BCUT2D eigenvalue weighted by Crippen LogP contribution is -2.13. The van der Waals surface area contributed by atoms with E-state index >= 15 is 0 Å². The maximum Gasteiger partial charge on any atom is 0.261 e. The SMILES string of the molecule is CC(=O)/C(=C/N(C)C)c1cccc(S(=O)(=O)Nc2cccc(C#N)c2)c1. The molecule has 26 heavy (non-hydrogen) atoms. The van der Waals surface area contributed by atoms with E-state index in [0.717, 1.165) is 0 Å². The van der Waals surface area contributed by atoms with Crippen LogP contribution in [-0.2, 0) is 14.8 Å². The molecule has 1 N–H and O–H groups in total. The first-order chi connectivity index (χ1) is 12.2. The van der Waals surface area contributed by atoms with Crippen LogP contribution in [-0.4, -0.2) is 33.2 Å². The van der Waals surface area contributed by atoms with Crippen LogP contribution >= 0.6 is 0 Å². The van der Waals surface area contributed by atoms with E-state index in [1.807, 2.05) is 6.07 Å². The number of nitrogens with one attached hydrogen (secondary N) is 1. The van der Waals surface area contributed by atoms with Gasteiger partial charge in [0, 0.05) is 25.9 Å². The third-order valence-electron chi connectivity index (χ3n) is 3.47. The molecule has 0 radical (unpaired) electrons. The molecule has 0 aromatic heterocycles. The average molecular weight is 369 g/mol. The molecule has 7 heteroatoms. The second kappa shape index (κ2) is 7.85. The van der Waals surface area contributed by atoms with Crippen molar-refractivity contribution in [1.29, 1.82) is 5.26 Å². The van der Waals surface area contributed by atoms with Crippen molar-refractivity contribution in [3.05, 3.63) is 65.9 Å². The number of allylic oxidation sites excluding steroid dienone is 1. The first-order valence-electron chi connectivity index (χ1n) is 7.75. The Balaban J connectivity index is 2.42. The summed E-state index contributed by atoms with van der Waals surface area (Å²) in [5, 5.41) is 8.93. The Bertz CT molecular complexity index is 1000. The zero-order valence-corrected chi connectivity index (χ0v) is 15.5. The number of Topliss-reactive ketones (excluding diaryl/α,β-unsaturated/α-hetero) is 1. The summed E-state index contributed by atoms with van der Waals surface area (Å²) in [6.07, 6.45) is 1.65. The molecular formula is C19H19N3O3S. The first-order valence-corrected chi connectivity index (χ1v) is 9.24. The minimum Gasteiger partial charge on any atom is -0.383 e. The summed E-state index contributed by atoms with van der Waals surface area (Å²) in [5.74, 6) is -0.164. The van der Waals surface area contributed by atoms with E-state index in [0.29, 0.717) is 22.4 Å². The summed E-state index contributed by atoms with van der Waals surface area (Å²) in [6, 6.07) is 14.3. The van der Waals surface area contributed by atoms with Crippen LogP contribution in [0.5, 0.6) is 0 Å². The van der Waals surface area contributed by atoms with Crippen LogP contribution in [0.3, 0.4) is 0 Å². The van der Waals surface area contributed by atoms with Crippen molar-refractivity contribution in [2.75, 3.05) is 18.8 Å². The van der Waals surface area contributed by atoms with Gasteiger partial charge in [-0.15, -0.1) is 0 Å². The van der Waals surface area contributed by atoms with Gasteiger partial charge in [-0.2, -0.15) is 5.26 Å². The molecule has 0 unspecified atom stereocenters. The molecule has 6 nitrogen and oxygen atoms in total. The molecule has 0 aliphatic rings. The molecule has 2 rings (SSSR count). The summed E-state index contributed by atoms with van der Waals surface area (Å²) in [6.45, 7) is 1.43. The Labute approximate surface area is 153 Å². The van der Waals surface area contributed by atoms with Crippen molar-refractivity contribution in [2.24, 2.45) is 0 Å². The number of ketones is 1. The van der Waals surface area contributed by atoms with Gasteiger partial charge < -0.3 is 4.90 Å². The van der Waals surface area contributed by atoms with Gasteiger partial charge >= 0.3 is 0 Å². The fourth-order valence-electron chi connectivity index (χ4n) is 2.32. The highest BCUT2D eigenvalue weighted by atomic mass is 32.2. The van der Waals surface area contributed by atoms with E-state index in [2.05, 4.69) is 4.72 Å². The molecular weight excluding hydrogens is 350 g/mol. The topological polar surface area (TPSA) is 90.3 Å². The summed E-state index contributed by atoms with van der Waals surface area (Å²) in [5.41, 5.74) is 1.58. The van der Waals surface area contributed by atoms with E-state index in [1.54, 1.807) is 55.5 Å². The minimum absolute atomic E-state index is 0.0308. The number of carbonyl (C=O) groups is 1. The van der Waals surface area contributed by atoms with Crippen LogP contribution in [0, 0.1) is 11.3 Å². The van der Waals surface area contributed by atoms with Gasteiger partial charge in [0.25, 0.3) is 10.0 Å². The van der Waals surface area contributed by atoms with Gasteiger partial charge in [-0.3, -0.25) is 9.52 Å². The van der Waals surface area contributed by atoms with Crippen LogP contribution in [0.4, 0.5) is 5.69 Å². The Morgan fingerprint density at radius 2 is 1.85 bits per heavy atom. The average Bonchev–Trinajstić information content (AvgIpc) is 2.59. The molecule has 0 spiro atoms. The Kier molecular flexibility index (Phi) is 5.80. The zero-order valence-electron chi connectivity index (χ0n) is 14.7. The van der Waals surface area contributed by atoms with Crippen LogP contribution in [0.15, 0.2) is 59.6 Å². The zero-order chi connectivity index (χ0) is 19.3. The number of benzene rings is 2. The normalized spacial score (nSPS) is 11.5. The van der Waals surface area contributed by atoms with Gasteiger partial charge in [0.05, 0.1) is 22.2 Å². The number of hydrogen-bond acceptors (Lipinski definition) is 5. The molecule has 0 amide bonds.